The van der Waals surface area contributed by atoms with Gasteiger partial charge in [0.2, 0.25) is 5.78 Å². The highest BCUT2D eigenvalue weighted by Gasteiger charge is 2.60. The number of carbonyl (C=O) groups is 3. The number of ketones is 1. The molecule has 0 radical (unpaired) electrons. The second-order valence-corrected chi connectivity index (χ2v) is 5.44. The lowest BCUT2D eigenvalue weighted by molar-refractivity contribution is -0.308. The third-order valence-corrected chi connectivity index (χ3v) is 2.83. The van der Waals surface area contributed by atoms with Gasteiger partial charge < -0.3 is 20.1 Å². The molecule has 0 atom stereocenters. The fraction of sp³-hybridized carbons (Fsp3) is 0.769. The molecule has 32 heavy (non-hydrogen) atoms. The van der Waals surface area contributed by atoms with Crippen molar-refractivity contribution in [2.45, 2.75) is 37.7 Å². The van der Waals surface area contributed by atoms with Crippen LogP contribution in [0.4, 0.5) is 57.5 Å². The van der Waals surface area contributed by atoms with Gasteiger partial charge in [0, 0.05) is 33.1 Å². The maximum atomic E-state index is 12.1. The van der Waals surface area contributed by atoms with E-state index in [9.17, 15) is 62.3 Å². The summed E-state index contributed by atoms with van der Waals surface area (Å²) in [5.74, 6) is -4.51. The summed E-state index contributed by atoms with van der Waals surface area (Å²) in [6.07, 6.45) is -26.8. The van der Waals surface area contributed by atoms with Gasteiger partial charge in [-0.3, -0.25) is 4.79 Å². The summed E-state index contributed by atoms with van der Waals surface area (Å²) in [6.45, 7) is 1.07. The summed E-state index contributed by atoms with van der Waals surface area (Å²) < 4.78 is 140. The predicted octanol–water partition coefficient (Wildman–Crippen LogP) is 3.29. The maximum absolute atomic E-state index is 12.1. The Morgan fingerprint density at radius 1 is 0.812 bits per heavy atom. The molecule has 1 rings (SSSR count). The number of amides is 1. The van der Waals surface area contributed by atoms with E-state index in [1.165, 1.54) is 0 Å². The molecule has 0 unspecified atom stereocenters. The van der Waals surface area contributed by atoms with Gasteiger partial charge in [-0.2, -0.15) is 52.7 Å². The molecule has 190 valence electrons. The minimum Gasteiger partial charge on any atom is -0.475 e. The average Bonchev–Trinajstić information content (AvgIpc) is 2.57. The number of carboxylic acids is 1. The third kappa shape index (κ3) is 13.8. The first-order valence-electron chi connectivity index (χ1n) is 7.68. The van der Waals surface area contributed by atoms with Crippen LogP contribution >= 0.6 is 0 Å². The Hall–Kier alpha value is -2.47. The van der Waals surface area contributed by atoms with Crippen LogP contribution in [0.5, 0.6) is 0 Å². The van der Waals surface area contributed by atoms with Crippen LogP contribution < -0.4 is 5.32 Å². The van der Waals surface area contributed by atoms with Crippen molar-refractivity contribution in [3.63, 3.8) is 0 Å². The molecule has 1 heterocycles. The normalized spacial score (nSPS) is 15.1. The van der Waals surface area contributed by atoms with Crippen molar-refractivity contribution < 1.29 is 76.9 Å². The molecule has 7 nitrogen and oxygen atoms in total. The van der Waals surface area contributed by atoms with E-state index in [4.69, 9.17) is 9.90 Å². The quantitative estimate of drug-likeness (QED) is 0.531. The fourth-order valence-electron chi connectivity index (χ4n) is 1.34. The summed E-state index contributed by atoms with van der Waals surface area (Å²) >= 11 is 0. The van der Waals surface area contributed by atoms with Crippen LogP contribution in [0.2, 0.25) is 0 Å². The lowest BCUT2D eigenvalue weighted by atomic mass is 10.3. The van der Waals surface area contributed by atoms with Crippen molar-refractivity contribution in [2.75, 3.05) is 26.2 Å². The number of carboxylic acid groups (broad SMARTS) is 1. The standard InChI is InChI=1S/C8H10F6N2O2.C3H3F3O.C2HF3O2/c9-7(10,11)5(8(12,13)14)18-6(17)16-3-1-15-2-4-16;1-2(7)3(4,5)6;3-2(4,5)1(6)7/h5,15H,1-4H2;1H3;(H,6,7). The number of aliphatic carboxylic acids is 1. The van der Waals surface area contributed by atoms with Gasteiger partial charge in [0.15, 0.2) is 0 Å². The zero-order valence-electron chi connectivity index (χ0n) is 15.5. The molecule has 0 aromatic rings. The highest BCUT2D eigenvalue weighted by molar-refractivity contribution is 5.81. The van der Waals surface area contributed by atoms with E-state index in [1.54, 1.807) is 0 Å². The van der Waals surface area contributed by atoms with Crippen LogP contribution in [-0.2, 0) is 14.3 Å². The number of alkyl halides is 12. The van der Waals surface area contributed by atoms with E-state index in [1.807, 2.05) is 0 Å². The molecule has 0 aromatic heterocycles. The lowest BCUT2D eigenvalue weighted by Crippen LogP contribution is -2.51. The van der Waals surface area contributed by atoms with E-state index >= 15 is 0 Å². The number of hydrogen-bond acceptors (Lipinski definition) is 5. The number of carbonyl (C=O) groups excluding carboxylic acids is 2. The number of Topliss-reactive ketones (excluding diaryl/α,β-unsaturated/α-hetero) is 1. The monoisotopic (exact) mass is 506 g/mol. The molecule has 1 aliphatic heterocycles. The fourth-order valence-corrected chi connectivity index (χ4v) is 1.34. The van der Waals surface area contributed by atoms with Gasteiger partial charge in [-0.05, 0) is 0 Å². The predicted molar refractivity (Wildman–Crippen MR) is 77.2 cm³/mol. The molecular weight excluding hydrogens is 492 g/mol. The number of halogens is 12. The van der Waals surface area contributed by atoms with Crippen molar-refractivity contribution in [1.29, 1.82) is 0 Å². The topological polar surface area (TPSA) is 95.9 Å². The Balaban J connectivity index is 0. The summed E-state index contributed by atoms with van der Waals surface area (Å²) in [4.78, 5) is 30.2. The van der Waals surface area contributed by atoms with Gasteiger partial charge >= 0.3 is 36.8 Å². The largest absolute Gasteiger partial charge is 0.490 e. The van der Waals surface area contributed by atoms with E-state index in [0.29, 0.717) is 6.92 Å². The number of nitrogens with one attached hydrogen (secondary N) is 1. The van der Waals surface area contributed by atoms with Gasteiger partial charge in [0.05, 0.1) is 0 Å². The molecule has 1 fully saturated rings. The van der Waals surface area contributed by atoms with E-state index in [0.717, 1.165) is 4.90 Å². The molecule has 1 amide bonds. The van der Waals surface area contributed by atoms with E-state index in [2.05, 4.69) is 10.1 Å². The maximum Gasteiger partial charge on any atom is 0.490 e. The molecule has 0 spiro atoms. The summed E-state index contributed by atoms with van der Waals surface area (Å²) in [5, 5.41) is 9.91. The smallest absolute Gasteiger partial charge is 0.475 e. The van der Waals surface area contributed by atoms with Gasteiger partial charge in [-0.1, -0.05) is 0 Å². The van der Waals surface area contributed by atoms with Crippen molar-refractivity contribution in [3.05, 3.63) is 0 Å². The Morgan fingerprint density at radius 2 is 1.12 bits per heavy atom. The number of hydrogen-bond donors (Lipinski definition) is 2. The molecule has 19 heteroatoms. The average molecular weight is 506 g/mol. The third-order valence-electron chi connectivity index (χ3n) is 2.83. The molecule has 0 bridgehead atoms. The minimum absolute atomic E-state index is 0.00126. The first-order chi connectivity index (χ1) is 14.0. The van der Waals surface area contributed by atoms with Gasteiger partial charge in [0.25, 0.3) is 6.10 Å². The number of piperazine rings is 1. The van der Waals surface area contributed by atoms with E-state index in [-0.39, 0.29) is 26.2 Å². The van der Waals surface area contributed by atoms with Crippen LogP contribution in [0.3, 0.4) is 0 Å². The summed E-state index contributed by atoms with van der Waals surface area (Å²) in [6, 6.07) is 0. The Morgan fingerprint density at radius 3 is 1.34 bits per heavy atom. The molecule has 0 aromatic carbocycles. The molecule has 0 saturated carbocycles. The van der Waals surface area contributed by atoms with Crippen LogP contribution in [0.1, 0.15) is 6.92 Å². The number of nitrogens with zero attached hydrogens (tertiary/aromatic N) is 1. The highest BCUT2D eigenvalue weighted by Crippen LogP contribution is 2.36. The Kier molecular flexibility index (Phi) is 11.8. The van der Waals surface area contributed by atoms with Crippen LogP contribution in [0, 0.1) is 0 Å². The van der Waals surface area contributed by atoms with Gasteiger partial charge in [-0.15, -0.1) is 0 Å². The van der Waals surface area contributed by atoms with Crippen molar-refractivity contribution in [2.24, 2.45) is 0 Å². The minimum atomic E-state index is -5.68. The SMILES string of the molecule is CC(=O)C(F)(F)F.O=C(O)C(F)(F)F.O=C(OC(C(F)(F)F)C(F)(F)F)N1CCNCC1. The zero-order chi connectivity index (χ0) is 26.1. The highest BCUT2D eigenvalue weighted by atomic mass is 19.4. The zero-order valence-corrected chi connectivity index (χ0v) is 15.5. The molecule has 1 aliphatic rings. The number of ether oxygens (including phenoxy) is 1. The van der Waals surface area contributed by atoms with Crippen LogP contribution in [-0.4, -0.2) is 84.8 Å². The first kappa shape index (κ1) is 31.7. The van der Waals surface area contributed by atoms with Gasteiger partial charge in [-0.25, -0.2) is 9.59 Å². The van der Waals surface area contributed by atoms with Gasteiger partial charge in [0.1, 0.15) is 0 Å². The van der Waals surface area contributed by atoms with E-state index < -0.39 is 48.7 Å². The Bertz CT molecular complexity index is 583. The lowest BCUT2D eigenvalue weighted by Gasteiger charge is -2.30. The van der Waals surface area contributed by atoms with Crippen molar-refractivity contribution in [1.82, 2.24) is 10.2 Å². The number of rotatable bonds is 1. The second-order valence-electron chi connectivity index (χ2n) is 5.44. The summed E-state index contributed by atoms with van der Waals surface area (Å²) in [5.41, 5.74) is 0. The molecule has 0 aliphatic carbocycles. The molecule has 2 N–H and O–H groups in total. The summed E-state index contributed by atoms with van der Waals surface area (Å²) in [7, 11) is 0. The first-order valence-corrected chi connectivity index (χ1v) is 7.68. The second kappa shape index (κ2) is 12.0. The van der Waals surface area contributed by atoms with Crippen LogP contribution in [0.25, 0.3) is 0 Å². The molecular formula is C13H14F12N2O5. The van der Waals surface area contributed by atoms with Crippen molar-refractivity contribution in [3.8, 4) is 0 Å². The van der Waals surface area contributed by atoms with Crippen LogP contribution in [0.15, 0.2) is 0 Å². The van der Waals surface area contributed by atoms with Crippen molar-refractivity contribution >= 4 is 17.8 Å². The Labute approximate surface area is 170 Å². The molecule has 1 saturated heterocycles.